The van der Waals surface area contributed by atoms with Gasteiger partial charge in [0.15, 0.2) is 6.19 Å². The zero-order chi connectivity index (χ0) is 15.6. The van der Waals surface area contributed by atoms with E-state index in [1.54, 1.807) is 17.0 Å². The van der Waals surface area contributed by atoms with Gasteiger partial charge in [0.25, 0.3) is 0 Å². The van der Waals surface area contributed by atoms with Crippen molar-refractivity contribution in [3.8, 4) is 11.9 Å². The van der Waals surface area contributed by atoms with Gasteiger partial charge in [0.1, 0.15) is 10.6 Å². The molecule has 1 aliphatic heterocycles. The standard InChI is InChI=1S/C13H16BrN3O3S/c1-9-5-11(7-17(9)8-15)16-21(18,19)13-6-10(14)3-4-12(13)20-2/h3-4,6,9,11,16H,5,7H2,1-2H3. The molecule has 2 unspecified atom stereocenters. The van der Waals surface area contributed by atoms with E-state index in [-0.39, 0.29) is 22.7 Å². The van der Waals surface area contributed by atoms with Gasteiger partial charge in [-0.25, -0.2) is 13.1 Å². The lowest BCUT2D eigenvalue weighted by atomic mass is 10.2. The summed E-state index contributed by atoms with van der Waals surface area (Å²) in [6.45, 7) is 2.28. The summed E-state index contributed by atoms with van der Waals surface area (Å²) in [5, 5.41) is 8.96. The number of likely N-dealkylation sites (tertiary alicyclic amines) is 1. The first-order chi connectivity index (χ1) is 9.87. The molecule has 1 N–H and O–H groups in total. The summed E-state index contributed by atoms with van der Waals surface area (Å²) in [7, 11) is -2.28. The first-order valence-electron chi connectivity index (χ1n) is 6.39. The fourth-order valence-electron chi connectivity index (χ4n) is 2.40. The third kappa shape index (κ3) is 3.48. The van der Waals surface area contributed by atoms with E-state index in [0.717, 1.165) is 0 Å². The molecule has 1 fully saturated rings. The van der Waals surface area contributed by atoms with E-state index < -0.39 is 10.0 Å². The number of rotatable bonds is 4. The molecule has 0 aromatic heterocycles. The molecule has 1 aliphatic rings. The van der Waals surface area contributed by atoms with Crippen LogP contribution in [0.1, 0.15) is 13.3 Å². The number of hydrogen-bond acceptors (Lipinski definition) is 5. The number of hydrogen-bond donors (Lipinski definition) is 1. The molecular formula is C13H16BrN3O3S. The molecule has 21 heavy (non-hydrogen) atoms. The van der Waals surface area contributed by atoms with Crippen molar-refractivity contribution in [2.45, 2.75) is 30.3 Å². The molecule has 0 bridgehead atoms. The lowest BCUT2D eigenvalue weighted by molar-refractivity contribution is 0.386. The molecule has 114 valence electrons. The Morgan fingerprint density at radius 1 is 1.52 bits per heavy atom. The van der Waals surface area contributed by atoms with Crippen molar-refractivity contribution in [2.75, 3.05) is 13.7 Å². The lowest BCUT2D eigenvalue weighted by Crippen LogP contribution is -2.36. The van der Waals surface area contributed by atoms with Gasteiger partial charge in [0.2, 0.25) is 10.0 Å². The van der Waals surface area contributed by atoms with Gasteiger partial charge in [-0.05, 0) is 31.5 Å². The van der Waals surface area contributed by atoms with Gasteiger partial charge in [-0.1, -0.05) is 15.9 Å². The zero-order valence-corrected chi connectivity index (χ0v) is 14.1. The Morgan fingerprint density at radius 2 is 2.24 bits per heavy atom. The van der Waals surface area contributed by atoms with Crippen molar-refractivity contribution in [3.63, 3.8) is 0 Å². The van der Waals surface area contributed by atoms with Gasteiger partial charge < -0.3 is 9.64 Å². The van der Waals surface area contributed by atoms with Gasteiger partial charge >= 0.3 is 0 Å². The number of halogens is 1. The van der Waals surface area contributed by atoms with Crippen LogP contribution in [0, 0.1) is 11.5 Å². The smallest absolute Gasteiger partial charge is 0.244 e. The molecule has 1 saturated heterocycles. The molecule has 6 nitrogen and oxygen atoms in total. The molecule has 8 heteroatoms. The molecule has 2 rings (SSSR count). The Bertz CT molecular complexity index is 672. The van der Waals surface area contributed by atoms with E-state index in [4.69, 9.17) is 10.00 Å². The Labute approximate surface area is 132 Å². The number of benzene rings is 1. The summed E-state index contributed by atoms with van der Waals surface area (Å²) in [5.41, 5.74) is 0. The highest BCUT2D eigenvalue weighted by Gasteiger charge is 2.32. The number of nitriles is 1. The maximum absolute atomic E-state index is 12.5. The van der Waals surface area contributed by atoms with Crippen LogP contribution < -0.4 is 9.46 Å². The number of sulfonamides is 1. The molecule has 2 atom stereocenters. The Balaban J connectivity index is 2.24. The summed E-state index contributed by atoms with van der Waals surface area (Å²) in [6, 6.07) is 4.56. The number of ether oxygens (including phenoxy) is 1. The second-order valence-corrected chi connectivity index (χ2v) is 7.55. The van der Waals surface area contributed by atoms with Crippen LogP contribution in [0.3, 0.4) is 0 Å². The van der Waals surface area contributed by atoms with E-state index in [1.165, 1.54) is 13.2 Å². The predicted molar refractivity (Wildman–Crippen MR) is 81.2 cm³/mol. The molecule has 1 aromatic carbocycles. The van der Waals surface area contributed by atoms with Gasteiger partial charge in [-0.3, -0.25) is 0 Å². The maximum atomic E-state index is 12.5. The fourth-order valence-corrected chi connectivity index (χ4v) is 4.35. The highest BCUT2D eigenvalue weighted by molar-refractivity contribution is 9.10. The second kappa shape index (κ2) is 6.22. The van der Waals surface area contributed by atoms with Crippen LogP contribution in [0.15, 0.2) is 27.6 Å². The second-order valence-electron chi connectivity index (χ2n) is 4.95. The van der Waals surface area contributed by atoms with Crippen molar-refractivity contribution in [1.82, 2.24) is 9.62 Å². The number of nitrogens with one attached hydrogen (secondary N) is 1. The Kier molecular flexibility index (Phi) is 4.76. The average molecular weight is 374 g/mol. The third-order valence-electron chi connectivity index (χ3n) is 3.44. The van der Waals surface area contributed by atoms with E-state index in [9.17, 15) is 8.42 Å². The third-order valence-corrected chi connectivity index (χ3v) is 5.48. The van der Waals surface area contributed by atoms with Crippen LogP contribution in [0.25, 0.3) is 0 Å². The summed E-state index contributed by atoms with van der Waals surface area (Å²) < 4.78 is 33.4. The van der Waals surface area contributed by atoms with E-state index in [0.29, 0.717) is 17.4 Å². The zero-order valence-electron chi connectivity index (χ0n) is 11.7. The molecule has 1 heterocycles. The topological polar surface area (TPSA) is 82.4 Å². The normalized spacial score (nSPS) is 22.1. The molecule has 0 aliphatic carbocycles. The largest absolute Gasteiger partial charge is 0.495 e. The highest BCUT2D eigenvalue weighted by Crippen LogP contribution is 2.28. The Morgan fingerprint density at radius 3 is 2.81 bits per heavy atom. The monoisotopic (exact) mass is 373 g/mol. The summed E-state index contributed by atoms with van der Waals surface area (Å²) in [5.74, 6) is 0.286. The highest BCUT2D eigenvalue weighted by atomic mass is 79.9. The minimum absolute atomic E-state index is 0.0344. The van der Waals surface area contributed by atoms with Crippen molar-refractivity contribution in [3.05, 3.63) is 22.7 Å². The quantitative estimate of drug-likeness (QED) is 0.811. The van der Waals surface area contributed by atoms with Gasteiger partial charge in [0, 0.05) is 23.1 Å². The predicted octanol–water partition coefficient (Wildman–Crippen LogP) is 1.68. The number of methoxy groups -OCH3 is 1. The first-order valence-corrected chi connectivity index (χ1v) is 8.67. The van der Waals surface area contributed by atoms with Crippen molar-refractivity contribution >= 4 is 26.0 Å². The Hall–Kier alpha value is -1.30. The van der Waals surface area contributed by atoms with Gasteiger partial charge in [-0.2, -0.15) is 5.26 Å². The summed E-state index contributed by atoms with van der Waals surface area (Å²) in [4.78, 5) is 1.66. The average Bonchev–Trinajstić information content (AvgIpc) is 2.77. The van der Waals surface area contributed by atoms with Crippen molar-refractivity contribution in [1.29, 1.82) is 5.26 Å². The molecule has 1 aromatic rings. The van der Waals surface area contributed by atoms with Crippen LogP contribution in [-0.2, 0) is 10.0 Å². The number of nitrogens with zero attached hydrogens (tertiary/aromatic N) is 2. The minimum atomic E-state index is -3.71. The molecule has 0 spiro atoms. The first kappa shape index (κ1) is 16.1. The van der Waals surface area contributed by atoms with Crippen LogP contribution in [0.5, 0.6) is 5.75 Å². The van der Waals surface area contributed by atoms with Gasteiger partial charge in [-0.15, -0.1) is 0 Å². The fraction of sp³-hybridized carbons (Fsp3) is 0.462. The van der Waals surface area contributed by atoms with Crippen LogP contribution in [0.2, 0.25) is 0 Å². The minimum Gasteiger partial charge on any atom is -0.495 e. The molecule has 0 saturated carbocycles. The molecular weight excluding hydrogens is 358 g/mol. The van der Waals surface area contributed by atoms with Crippen LogP contribution in [-0.4, -0.2) is 39.1 Å². The van der Waals surface area contributed by atoms with Crippen LogP contribution in [0.4, 0.5) is 0 Å². The molecule has 0 radical (unpaired) electrons. The van der Waals surface area contributed by atoms with Crippen molar-refractivity contribution < 1.29 is 13.2 Å². The lowest BCUT2D eigenvalue weighted by Gasteiger charge is -2.15. The SMILES string of the molecule is COc1ccc(Br)cc1S(=O)(=O)NC1CC(C)N(C#N)C1. The van der Waals surface area contributed by atoms with Crippen LogP contribution >= 0.6 is 15.9 Å². The maximum Gasteiger partial charge on any atom is 0.244 e. The molecule has 0 amide bonds. The van der Waals surface area contributed by atoms with Gasteiger partial charge in [0.05, 0.1) is 7.11 Å². The summed E-state index contributed by atoms with van der Waals surface area (Å²) >= 11 is 3.26. The van der Waals surface area contributed by atoms with E-state index in [2.05, 4.69) is 26.8 Å². The van der Waals surface area contributed by atoms with E-state index in [1.807, 2.05) is 6.92 Å². The van der Waals surface area contributed by atoms with E-state index >= 15 is 0 Å². The summed E-state index contributed by atoms with van der Waals surface area (Å²) in [6.07, 6.45) is 2.67. The van der Waals surface area contributed by atoms with Crippen molar-refractivity contribution in [2.24, 2.45) is 0 Å².